The Morgan fingerprint density at radius 1 is 1.32 bits per heavy atom. The highest BCUT2D eigenvalue weighted by Gasteiger charge is 2.63. The first-order chi connectivity index (χ1) is 14.7. The molecule has 164 valence electrons. The van der Waals surface area contributed by atoms with E-state index in [1.165, 1.54) is 24.3 Å². The summed E-state index contributed by atoms with van der Waals surface area (Å²) in [6.07, 6.45) is -5.21. The Morgan fingerprint density at radius 3 is 2.61 bits per heavy atom. The molecule has 2 aliphatic heterocycles. The molecule has 0 aliphatic carbocycles. The van der Waals surface area contributed by atoms with Gasteiger partial charge in [-0.2, -0.15) is 23.4 Å². The molecule has 0 bridgehead atoms. The maximum absolute atomic E-state index is 14.1. The van der Waals surface area contributed by atoms with Crippen LogP contribution in [0.25, 0.3) is 11.4 Å². The highest BCUT2D eigenvalue weighted by atomic mass is 19.4. The van der Waals surface area contributed by atoms with Crippen LogP contribution in [0.1, 0.15) is 17.9 Å². The third-order valence-corrected chi connectivity index (χ3v) is 5.65. The van der Waals surface area contributed by atoms with Gasteiger partial charge >= 0.3 is 12.2 Å². The predicted molar refractivity (Wildman–Crippen MR) is 98.5 cm³/mol. The number of halogens is 4. The van der Waals surface area contributed by atoms with Crippen LogP contribution in [-0.2, 0) is 5.41 Å². The van der Waals surface area contributed by atoms with E-state index in [4.69, 9.17) is 9.78 Å². The molecule has 0 radical (unpaired) electrons. The lowest BCUT2D eigenvalue weighted by Crippen LogP contribution is -2.62. The third-order valence-electron chi connectivity index (χ3n) is 5.65. The molecule has 2 aliphatic rings. The first-order valence-corrected chi connectivity index (χ1v) is 9.50. The van der Waals surface area contributed by atoms with Crippen LogP contribution in [0.5, 0.6) is 0 Å². The van der Waals surface area contributed by atoms with Crippen molar-refractivity contribution in [3.63, 3.8) is 0 Å². The molecule has 1 aromatic heterocycles. The topological polar surface area (TPSA) is 107 Å². The van der Waals surface area contributed by atoms with Crippen molar-refractivity contribution in [3.05, 3.63) is 35.7 Å². The first kappa shape index (κ1) is 21.0. The lowest BCUT2D eigenvalue weighted by atomic mass is 9.86. The molecule has 2 aromatic rings. The summed E-state index contributed by atoms with van der Waals surface area (Å²) >= 11 is 0. The van der Waals surface area contributed by atoms with Crippen LogP contribution in [0.3, 0.4) is 0 Å². The minimum atomic E-state index is -4.75. The Labute approximate surface area is 174 Å². The number of hydrogen-bond acceptors (Lipinski definition) is 6. The van der Waals surface area contributed by atoms with E-state index in [9.17, 15) is 22.4 Å². The minimum Gasteiger partial charge on any atom is -0.338 e. The number of aromatic nitrogens is 2. The number of carbonyl (C=O) groups is 1. The highest BCUT2D eigenvalue weighted by molar-refractivity contribution is 5.75. The smallest absolute Gasteiger partial charge is 0.338 e. The third kappa shape index (κ3) is 3.81. The Bertz CT molecular complexity index is 1010. The van der Waals surface area contributed by atoms with Gasteiger partial charge in [0.15, 0.2) is 11.1 Å². The van der Waals surface area contributed by atoms with E-state index in [1.807, 2.05) is 6.07 Å². The fraction of sp³-hybridized carbons (Fsp3) is 0.474. The number of alkyl halides is 4. The zero-order valence-electron chi connectivity index (χ0n) is 16.2. The van der Waals surface area contributed by atoms with Crippen molar-refractivity contribution in [2.24, 2.45) is 0 Å². The standard InChI is InChI=1S/C19H18F4N6O2/c20-17(8-25-9-17)10-26-16(30)29-6-5-18(11-29,19(21,22)23)15-27-14(28-31-15)13-3-1-12(7-24)2-4-13/h1-4,25H,5-6,8-11H2,(H,26,30)/t18-/m1/s1. The molecule has 2 N–H and O–H groups in total. The number of urea groups is 1. The second-order valence-corrected chi connectivity index (χ2v) is 7.78. The quantitative estimate of drug-likeness (QED) is 0.709. The van der Waals surface area contributed by atoms with Crippen molar-refractivity contribution >= 4 is 6.03 Å². The summed E-state index contributed by atoms with van der Waals surface area (Å²) in [5.41, 5.74) is -3.34. The summed E-state index contributed by atoms with van der Waals surface area (Å²) in [6, 6.07) is 7.15. The minimum absolute atomic E-state index is 0.0529. The zero-order chi connectivity index (χ0) is 22.3. The van der Waals surface area contributed by atoms with E-state index < -0.39 is 42.1 Å². The van der Waals surface area contributed by atoms with Gasteiger partial charge in [-0.25, -0.2) is 9.18 Å². The molecule has 1 aromatic carbocycles. The molecule has 31 heavy (non-hydrogen) atoms. The fourth-order valence-corrected chi connectivity index (χ4v) is 3.61. The highest BCUT2D eigenvalue weighted by Crippen LogP contribution is 2.47. The van der Waals surface area contributed by atoms with Crippen LogP contribution < -0.4 is 10.6 Å². The Kier molecular flexibility index (Phi) is 5.09. The van der Waals surface area contributed by atoms with Gasteiger partial charge in [-0.3, -0.25) is 0 Å². The van der Waals surface area contributed by atoms with Crippen LogP contribution >= 0.6 is 0 Å². The average molecular weight is 438 g/mol. The molecule has 12 heteroatoms. The molecule has 2 saturated heterocycles. The van der Waals surface area contributed by atoms with Crippen LogP contribution in [0.2, 0.25) is 0 Å². The van der Waals surface area contributed by atoms with Crippen LogP contribution in [0.15, 0.2) is 28.8 Å². The molecular formula is C19H18F4N6O2. The molecule has 0 saturated carbocycles. The van der Waals surface area contributed by atoms with Gasteiger partial charge in [-0.15, -0.1) is 0 Å². The van der Waals surface area contributed by atoms with Crippen molar-refractivity contribution in [1.29, 1.82) is 5.26 Å². The molecule has 1 atom stereocenters. The van der Waals surface area contributed by atoms with Crippen LogP contribution in [-0.4, -0.2) is 65.6 Å². The van der Waals surface area contributed by atoms with Crippen LogP contribution in [0.4, 0.5) is 22.4 Å². The number of nitriles is 1. The zero-order valence-corrected chi connectivity index (χ0v) is 16.2. The summed E-state index contributed by atoms with van der Waals surface area (Å²) in [4.78, 5) is 17.3. The molecule has 0 unspecified atom stereocenters. The molecule has 4 rings (SSSR count). The number of amides is 2. The molecule has 2 amide bonds. The van der Waals surface area contributed by atoms with E-state index in [-0.39, 0.29) is 32.0 Å². The number of benzene rings is 1. The molecular weight excluding hydrogens is 420 g/mol. The lowest BCUT2D eigenvalue weighted by molar-refractivity contribution is -0.193. The van der Waals surface area contributed by atoms with Gasteiger partial charge in [0.2, 0.25) is 11.7 Å². The summed E-state index contributed by atoms with van der Waals surface area (Å²) in [5, 5.41) is 17.6. The number of carbonyl (C=O) groups excluding carboxylic acids is 1. The van der Waals surface area contributed by atoms with Gasteiger partial charge in [-0.05, 0) is 30.7 Å². The maximum Gasteiger partial charge on any atom is 0.405 e. The summed E-state index contributed by atoms with van der Waals surface area (Å²) in [7, 11) is 0. The molecule has 8 nitrogen and oxygen atoms in total. The van der Waals surface area contributed by atoms with Crippen molar-refractivity contribution in [1.82, 2.24) is 25.7 Å². The van der Waals surface area contributed by atoms with Gasteiger partial charge in [0, 0.05) is 31.7 Å². The average Bonchev–Trinajstić information content (AvgIpc) is 3.38. The van der Waals surface area contributed by atoms with Crippen molar-refractivity contribution in [2.75, 3.05) is 32.7 Å². The monoisotopic (exact) mass is 438 g/mol. The van der Waals surface area contributed by atoms with E-state index >= 15 is 0 Å². The van der Waals surface area contributed by atoms with Gasteiger partial charge < -0.3 is 20.1 Å². The SMILES string of the molecule is N#Cc1ccc(-c2noc([C@@]3(C(F)(F)F)CCN(C(=O)NCC4(F)CNC4)C3)n2)cc1. The number of nitrogens with one attached hydrogen (secondary N) is 2. The van der Waals surface area contributed by atoms with Crippen molar-refractivity contribution in [3.8, 4) is 17.5 Å². The summed E-state index contributed by atoms with van der Waals surface area (Å²) < 4.78 is 61.3. The second kappa shape index (κ2) is 7.49. The molecule has 2 fully saturated rings. The lowest BCUT2D eigenvalue weighted by Gasteiger charge is -2.35. The van der Waals surface area contributed by atoms with E-state index in [1.54, 1.807) is 0 Å². The maximum atomic E-state index is 14.1. The largest absolute Gasteiger partial charge is 0.405 e. The van der Waals surface area contributed by atoms with Crippen LogP contribution in [0, 0.1) is 11.3 Å². The Morgan fingerprint density at radius 2 is 2.03 bits per heavy atom. The number of rotatable bonds is 4. The van der Waals surface area contributed by atoms with E-state index in [2.05, 4.69) is 20.8 Å². The number of likely N-dealkylation sites (tertiary alicyclic amines) is 1. The van der Waals surface area contributed by atoms with Crippen molar-refractivity contribution < 1.29 is 26.9 Å². The summed E-state index contributed by atoms with van der Waals surface area (Å²) in [5.74, 6) is -0.692. The Balaban J connectivity index is 1.53. The van der Waals surface area contributed by atoms with Gasteiger partial charge in [0.1, 0.15) is 0 Å². The second-order valence-electron chi connectivity index (χ2n) is 7.78. The van der Waals surface area contributed by atoms with Gasteiger partial charge in [-0.1, -0.05) is 5.16 Å². The molecule has 3 heterocycles. The molecule has 0 spiro atoms. The van der Waals surface area contributed by atoms with Crippen molar-refractivity contribution in [2.45, 2.75) is 23.7 Å². The number of hydrogen-bond donors (Lipinski definition) is 2. The Hall–Kier alpha value is -3.20. The fourth-order valence-electron chi connectivity index (χ4n) is 3.61. The summed E-state index contributed by atoms with van der Waals surface area (Å²) in [6.45, 7) is -1.02. The van der Waals surface area contributed by atoms with Gasteiger partial charge in [0.25, 0.3) is 0 Å². The number of nitrogens with zero attached hydrogens (tertiary/aromatic N) is 4. The first-order valence-electron chi connectivity index (χ1n) is 9.50. The van der Waals surface area contributed by atoms with E-state index in [0.717, 1.165) is 4.90 Å². The predicted octanol–water partition coefficient (Wildman–Crippen LogP) is 2.14. The van der Waals surface area contributed by atoms with E-state index in [0.29, 0.717) is 11.1 Å². The van der Waals surface area contributed by atoms with Gasteiger partial charge in [0.05, 0.1) is 18.2 Å². The normalized spacial score (nSPS) is 22.6.